The molecule has 1 amide bonds. The first-order valence-corrected chi connectivity index (χ1v) is 10.5. The molecule has 4 nitrogen and oxygen atoms in total. The van der Waals surface area contributed by atoms with Crippen LogP contribution in [0.15, 0.2) is 59.6 Å². The largest absolute Gasteiger partial charge is 0.342 e. The smallest absolute Gasteiger partial charge is 0.232 e. The normalized spacial score (nSPS) is 14.4. The van der Waals surface area contributed by atoms with Crippen LogP contribution in [0.3, 0.4) is 0 Å². The number of nitrogens with zero attached hydrogens (tertiary/aromatic N) is 3. The first-order valence-electron chi connectivity index (χ1n) is 9.50. The van der Waals surface area contributed by atoms with Gasteiger partial charge in [0.1, 0.15) is 5.03 Å². The van der Waals surface area contributed by atoms with Crippen LogP contribution in [0.2, 0.25) is 0 Å². The molecular weight excluding hydrogens is 354 g/mol. The molecule has 27 heavy (non-hydrogen) atoms. The molecular formula is C22H23N3OS. The topological polar surface area (TPSA) is 46.1 Å². The summed E-state index contributed by atoms with van der Waals surface area (Å²) < 4.78 is 0. The Labute approximate surface area is 164 Å². The molecule has 0 unspecified atom stereocenters. The van der Waals surface area contributed by atoms with Gasteiger partial charge >= 0.3 is 0 Å². The van der Waals surface area contributed by atoms with Gasteiger partial charge in [0.2, 0.25) is 5.91 Å². The van der Waals surface area contributed by atoms with Crippen LogP contribution >= 0.6 is 11.8 Å². The van der Waals surface area contributed by atoms with Gasteiger partial charge in [-0.05, 0) is 37.0 Å². The Bertz CT molecular complexity index is 923. The van der Waals surface area contributed by atoms with E-state index < -0.39 is 0 Å². The van der Waals surface area contributed by atoms with Gasteiger partial charge in [0.15, 0.2) is 0 Å². The zero-order valence-corrected chi connectivity index (χ0v) is 16.1. The van der Waals surface area contributed by atoms with Gasteiger partial charge in [0.05, 0.1) is 22.5 Å². The van der Waals surface area contributed by atoms with Crippen molar-refractivity contribution in [2.45, 2.75) is 30.7 Å². The molecule has 1 aliphatic rings. The van der Waals surface area contributed by atoms with Crippen molar-refractivity contribution in [3.05, 3.63) is 65.9 Å². The van der Waals surface area contributed by atoms with Crippen molar-refractivity contribution in [1.29, 1.82) is 0 Å². The molecule has 138 valence electrons. The van der Waals surface area contributed by atoms with Crippen molar-refractivity contribution < 1.29 is 4.79 Å². The highest BCUT2D eigenvalue weighted by atomic mass is 32.2. The second-order valence-electron chi connectivity index (χ2n) is 6.86. The van der Waals surface area contributed by atoms with Crippen LogP contribution in [0.25, 0.3) is 11.0 Å². The molecule has 2 heterocycles. The summed E-state index contributed by atoms with van der Waals surface area (Å²) in [6.45, 7) is 1.78. The molecule has 0 aliphatic carbocycles. The van der Waals surface area contributed by atoms with Crippen LogP contribution in [-0.2, 0) is 11.2 Å². The fraction of sp³-hybridized carbons (Fsp3) is 0.318. The summed E-state index contributed by atoms with van der Waals surface area (Å²) >= 11 is 1.52. The average molecular weight is 378 g/mol. The van der Waals surface area contributed by atoms with Gasteiger partial charge in [-0.1, -0.05) is 54.2 Å². The van der Waals surface area contributed by atoms with Crippen LogP contribution in [0.1, 0.15) is 30.5 Å². The number of piperidine rings is 1. The molecule has 1 aliphatic heterocycles. The third kappa shape index (κ3) is 4.48. The second-order valence-corrected chi connectivity index (χ2v) is 7.82. The molecule has 4 rings (SSSR count). The van der Waals surface area contributed by atoms with E-state index in [2.05, 4.69) is 12.1 Å². The summed E-state index contributed by atoms with van der Waals surface area (Å²) in [4.78, 5) is 24.2. The van der Waals surface area contributed by atoms with Crippen molar-refractivity contribution in [3.8, 4) is 0 Å². The zero-order chi connectivity index (χ0) is 18.5. The summed E-state index contributed by atoms with van der Waals surface area (Å²) in [5, 5.41) is 0.864. The molecule has 0 spiro atoms. The third-order valence-electron chi connectivity index (χ3n) is 4.86. The predicted octanol–water partition coefficient (Wildman–Crippen LogP) is 4.33. The van der Waals surface area contributed by atoms with E-state index in [0.29, 0.717) is 5.75 Å². The number of para-hydroxylation sites is 2. The monoisotopic (exact) mass is 377 g/mol. The van der Waals surface area contributed by atoms with Gasteiger partial charge in [0, 0.05) is 19.5 Å². The molecule has 1 aromatic heterocycles. The van der Waals surface area contributed by atoms with Crippen molar-refractivity contribution in [3.63, 3.8) is 0 Å². The first kappa shape index (κ1) is 18.0. The van der Waals surface area contributed by atoms with Crippen LogP contribution in [0.5, 0.6) is 0 Å². The molecule has 0 bridgehead atoms. The van der Waals surface area contributed by atoms with E-state index in [-0.39, 0.29) is 5.91 Å². The Kier molecular flexibility index (Phi) is 5.68. The summed E-state index contributed by atoms with van der Waals surface area (Å²) in [5.41, 5.74) is 3.92. The fourth-order valence-corrected chi connectivity index (χ4v) is 4.30. The molecule has 1 fully saturated rings. The Morgan fingerprint density at radius 3 is 2.30 bits per heavy atom. The average Bonchev–Trinajstić information content (AvgIpc) is 2.73. The Morgan fingerprint density at radius 1 is 0.889 bits per heavy atom. The van der Waals surface area contributed by atoms with E-state index in [1.807, 2.05) is 47.4 Å². The minimum absolute atomic E-state index is 0.209. The zero-order valence-electron chi connectivity index (χ0n) is 15.3. The molecule has 3 aromatic rings. The highest BCUT2D eigenvalue weighted by Crippen LogP contribution is 2.25. The maximum Gasteiger partial charge on any atom is 0.232 e. The number of likely N-dealkylation sites (tertiary alicyclic amines) is 1. The predicted molar refractivity (Wildman–Crippen MR) is 110 cm³/mol. The highest BCUT2D eigenvalue weighted by molar-refractivity contribution is 7.99. The maximum atomic E-state index is 12.6. The number of hydrogen-bond donors (Lipinski definition) is 0. The molecule has 0 radical (unpaired) electrons. The lowest BCUT2D eigenvalue weighted by molar-refractivity contribution is -0.129. The van der Waals surface area contributed by atoms with Gasteiger partial charge < -0.3 is 4.90 Å². The number of fused-ring (bicyclic) bond motifs is 1. The second kappa shape index (κ2) is 8.53. The van der Waals surface area contributed by atoms with E-state index in [0.717, 1.165) is 54.1 Å². The van der Waals surface area contributed by atoms with E-state index >= 15 is 0 Å². The van der Waals surface area contributed by atoms with E-state index in [4.69, 9.17) is 9.97 Å². The Balaban J connectivity index is 1.57. The number of amides is 1. The minimum atomic E-state index is 0.209. The summed E-state index contributed by atoms with van der Waals surface area (Å²) in [5.74, 6) is 0.634. The van der Waals surface area contributed by atoms with E-state index in [9.17, 15) is 4.79 Å². The van der Waals surface area contributed by atoms with E-state index in [1.165, 1.54) is 23.7 Å². The van der Waals surface area contributed by atoms with Gasteiger partial charge in [-0.3, -0.25) is 4.79 Å². The summed E-state index contributed by atoms with van der Waals surface area (Å²) in [7, 11) is 0. The summed E-state index contributed by atoms with van der Waals surface area (Å²) in [6.07, 6.45) is 4.18. The Hall–Kier alpha value is -2.40. The maximum absolute atomic E-state index is 12.6. The molecule has 5 heteroatoms. The van der Waals surface area contributed by atoms with Gasteiger partial charge in [0.25, 0.3) is 0 Å². The molecule has 0 atom stereocenters. The van der Waals surface area contributed by atoms with Crippen LogP contribution in [-0.4, -0.2) is 39.6 Å². The molecule has 0 saturated carbocycles. The van der Waals surface area contributed by atoms with Crippen molar-refractivity contribution in [2.75, 3.05) is 18.8 Å². The van der Waals surface area contributed by atoms with Crippen molar-refractivity contribution in [1.82, 2.24) is 14.9 Å². The first-order chi connectivity index (χ1) is 13.3. The van der Waals surface area contributed by atoms with Crippen molar-refractivity contribution >= 4 is 28.7 Å². The quantitative estimate of drug-likeness (QED) is 0.621. The minimum Gasteiger partial charge on any atom is -0.342 e. The van der Waals surface area contributed by atoms with Gasteiger partial charge in [-0.2, -0.15) is 0 Å². The lowest BCUT2D eigenvalue weighted by Gasteiger charge is -2.26. The lowest BCUT2D eigenvalue weighted by atomic mass is 10.1. The highest BCUT2D eigenvalue weighted by Gasteiger charge is 2.18. The SMILES string of the molecule is O=C(CSc1nc2ccccc2nc1Cc1ccccc1)N1CCCCC1. The number of rotatable bonds is 5. The molecule has 2 aromatic carbocycles. The number of hydrogen-bond acceptors (Lipinski definition) is 4. The fourth-order valence-electron chi connectivity index (χ4n) is 3.41. The summed E-state index contributed by atoms with van der Waals surface area (Å²) in [6, 6.07) is 18.2. The number of thioether (sulfide) groups is 1. The van der Waals surface area contributed by atoms with E-state index in [1.54, 1.807) is 0 Å². The van der Waals surface area contributed by atoms with Gasteiger partial charge in [-0.15, -0.1) is 0 Å². The van der Waals surface area contributed by atoms with Crippen LogP contribution in [0.4, 0.5) is 0 Å². The lowest BCUT2D eigenvalue weighted by Crippen LogP contribution is -2.36. The van der Waals surface area contributed by atoms with Gasteiger partial charge in [-0.25, -0.2) is 9.97 Å². The van der Waals surface area contributed by atoms with Crippen LogP contribution < -0.4 is 0 Å². The Morgan fingerprint density at radius 2 is 1.56 bits per heavy atom. The van der Waals surface area contributed by atoms with Crippen LogP contribution in [0, 0.1) is 0 Å². The third-order valence-corrected chi connectivity index (χ3v) is 5.85. The molecule has 1 saturated heterocycles. The number of aromatic nitrogens is 2. The van der Waals surface area contributed by atoms with Crippen molar-refractivity contribution in [2.24, 2.45) is 0 Å². The number of carbonyl (C=O) groups is 1. The molecule has 0 N–H and O–H groups in total. The number of benzene rings is 2. The number of carbonyl (C=O) groups excluding carboxylic acids is 1. The standard InChI is InChI=1S/C22H23N3OS/c26-21(25-13-7-2-8-14-25)16-27-22-20(15-17-9-3-1-4-10-17)23-18-11-5-6-12-19(18)24-22/h1,3-6,9-12H,2,7-8,13-16H2.